The molecule has 2 aliphatic rings. The molecule has 0 aliphatic carbocycles. The summed E-state index contributed by atoms with van der Waals surface area (Å²) >= 11 is 0. The first-order valence-corrected chi connectivity index (χ1v) is 13.2. The minimum atomic E-state index is -3.21. The van der Waals surface area contributed by atoms with Gasteiger partial charge >= 0.3 is 0 Å². The molecule has 34 heavy (non-hydrogen) atoms. The average molecular weight is 482 g/mol. The Hall–Kier alpha value is -3.33. The Morgan fingerprint density at radius 1 is 1.18 bits per heavy atom. The van der Waals surface area contributed by atoms with E-state index in [0.717, 1.165) is 16.7 Å². The lowest BCUT2D eigenvalue weighted by Crippen LogP contribution is -2.40. The van der Waals surface area contributed by atoms with Gasteiger partial charge in [-0.2, -0.15) is 5.10 Å². The molecule has 1 fully saturated rings. The Balaban J connectivity index is 1.67. The average Bonchev–Trinajstić information content (AvgIpc) is 3.45. The number of aromatic amines is 1. The number of rotatable bonds is 5. The number of benzene rings is 2. The number of phenols is 1. The Morgan fingerprint density at radius 2 is 1.88 bits per heavy atom. The molecule has 9 heteroatoms. The van der Waals surface area contributed by atoms with Crippen molar-refractivity contribution in [3.8, 4) is 22.8 Å². The van der Waals surface area contributed by atoms with Crippen LogP contribution >= 0.6 is 0 Å². The van der Waals surface area contributed by atoms with Gasteiger partial charge in [0.05, 0.1) is 24.2 Å². The normalized spacial score (nSPS) is 21.1. The summed E-state index contributed by atoms with van der Waals surface area (Å²) in [4.78, 5) is 15.2. The van der Waals surface area contributed by atoms with Crippen LogP contribution in [0.1, 0.15) is 52.1 Å². The fourth-order valence-corrected chi connectivity index (χ4v) is 6.68. The third-order valence-corrected chi connectivity index (χ3v) is 8.53. The zero-order chi connectivity index (χ0) is 24.2. The number of amides is 1. The van der Waals surface area contributed by atoms with Crippen molar-refractivity contribution in [3.05, 3.63) is 64.3 Å². The number of aromatic nitrogens is 2. The summed E-state index contributed by atoms with van der Waals surface area (Å²) in [7, 11) is -3.21. The van der Waals surface area contributed by atoms with Gasteiger partial charge in [0.15, 0.2) is 9.84 Å². The molecule has 2 N–H and O–H groups in total. The van der Waals surface area contributed by atoms with Crippen LogP contribution in [0.15, 0.2) is 36.4 Å². The molecule has 3 aromatic rings. The predicted molar refractivity (Wildman–Crippen MR) is 128 cm³/mol. The molecule has 0 radical (unpaired) electrons. The molecule has 0 spiro atoms. The van der Waals surface area contributed by atoms with Gasteiger partial charge in [-0.25, -0.2) is 8.42 Å². The zero-order valence-electron chi connectivity index (χ0n) is 19.3. The molecule has 1 saturated heterocycles. The van der Waals surface area contributed by atoms with Gasteiger partial charge in [-0.05, 0) is 68.1 Å². The minimum Gasteiger partial charge on any atom is -0.507 e. The van der Waals surface area contributed by atoms with Gasteiger partial charge in [-0.1, -0.05) is 12.1 Å². The number of nitrogens with zero attached hydrogens (tertiary/aromatic N) is 2. The topological polar surface area (TPSA) is 113 Å². The van der Waals surface area contributed by atoms with Crippen LogP contribution in [0.25, 0.3) is 11.3 Å². The molecular formula is C25H27N3O5S. The largest absolute Gasteiger partial charge is 0.507 e. The molecule has 0 bridgehead atoms. The molecular weight excluding hydrogens is 454 g/mol. The quantitative estimate of drug-likeness (QED) is 0.577. The number of carbonyl (C=O) groups is 1. The maximum absolute atomic E-state index is 13.6. The van der Waals surface area contributed by atoms with Crippen LogP contribution in [-0.4, -0.2) is 58.7 Å². The van der Waals surface area contributed by atoms with E-state index in [0.29, 0.717) is 41.3 Å². The number of H-pyrrole nitrogens is 1. The number of fused-ring (bicyclic) bond motifs is 1. The van der Waals surface area contributed by atoms with Gasteiger partial charge in [0, 0.05) is 17.2 Å². The maximum Gasteiger partial charge on any atom is 0.273 e. The van der Waals surface area contributed by atoms with Gasteiger partial charge in [-0.15, -0.1) is 0 Å². The number of ether oxygens (including phenoxy) is 1. The van der Waals surface area contributed by atoms with Crippen LogP contribution in [0.4, 0.5) is 0 Å². The number of aryl methyl sites for hydroxylation is 2. The number of hydrogen-bond acceptors (Lipinski definition) is 6. The number of nitrogens with one attached hydrogen (secondary N) is 1. The number of carbonyl (C=O) groups excluding carboxylic acids is 1. The molecule has 3 heterocycles. The van der Waals surface area contributed by atoms with Crippen molar-refractivity contribution >= 4 is 15.7 Å². The lowest BCUT2D eigenvalue weighted by Gasteiger charge is -2.31. The van der Waals surface area contributed by atoms with E-state index in [2.05, 4.69) is 10.2 Å². The second-order valence-electron chi connectivity index (χ2n) is 8.99. The summed E-state index contributed by atoms with van der Waals surface area (Å²) in [5.41, 5.74) is 4.77. The number of aromatic hydroxyl groups is 1. The SMILES string of the molecule is CCOc1ccc(C2c3c(-c4cc(C)c(C)cc4O)n[nH]c3C(=O)N2C2CCS(=O)(=O)C2)cc1. The third-order valence-electron chi connectivity index (χ3n) is 6.78. The van der Waals surface area contributed by atoms with Crippen molar-refractivity contribution in [2.24, 2.45) is 0 Å². The van der Waals surface area contributed by atoms with E-state index in [-0.39, 0.29) is 23.2 Å². The lowest BCUT2D eigenvalue weighted by molar-refractivity contribution is 0.0677. The van der Waals surface area contributed by atoms with Gasteiger partial charge in [0.25, 0.3) is 5.91 Å². The highest BCUT2D eigenvalue weighted by Gasteiger charge is 2.48. The first kappa shape index (κ1) is 22.5. The van der Waals surface area contributed by atoms with Gasteiger partial charge < -0.3 is 14.7 Å². The van der Waals surface area contributed by atoms with Crippen molar-refractivity contribution in [1.82, 2.24) is 15.1 Å². The van der Waals surface area contributed by atoms with Crippen molar-refractivity contribution in [3.63, 3.8) is 0 Å². The lowest BCUT2D eigenvalue weighted by atomic mass is 9.93. The summed E-state index contributed by atoms with van der Waals surface area (Å²) in [5.74, 6) is 0.517. The summed E-state index contributed by atoms with van der Waals surface area (Å²) in [6, 6.07) is 10.1. The number of sulfone groups is 1. The van der Waals surface area contributed by atoms with Gasteiger partial charge in [0.2, 0.25) is 0 Å². The Bertz CT molecular complexity index is 1380. The minimum absolute atomic E-state index is 0.0613. The Morgan fingerprint density at radius 3 is 2.53 bits per heavy atom. The molecule has 2 unspecified atom stereocenters. The Kier molecular flexibility index (Phi) is 5.39. The van der Waals surface area contributed by atoms with E-state index in [1.165, 1.54) is 0 Å². The fraction of sp³-hybridized carbons (Fsp3) is 0.360. The van der Waals surface area contributed by atoms with Crippen LogP contribution in [0, 0.1) is 13.8 Å². The molecule has 2 aliphatic heterocycles. The zero-order valence-corrected chi connectivity index (χ0v) is 20.1. The number of hydrogen-bond donors (Lipinski definition) is 2. The van der Waals surface area contributed by atoms with E-state index < -0.39 is 21.9 Å². The molecule has 1 aromatic heterocycles. The van der Waals surface area contributed by atoms with Crippen molar-refractivity contribution in [2.45, 2.75) is 39.3 Å². The van der Waals surface area contributed by atoms with Gasteiger partial charge in [0.1, 0.15) is 22.9 Å². The Labute approximate surface area is 198 Å². The standard InChI is InChI=1S/C25H27N3O5S/c1-4-33-18-7-5-16(6-8-18)24-21-22(19-11-14(2)15(3)12-20(19)29)26-27-23(21)25(30)28(24)17-9-10-34(31,32)13-17/h5-8,11-12,17,24,29H,4,9-10,13H2,1-3H3,(H,26,27). The fourth-order valence-electron chi connectivity index (χ4n) is 4.97. The predicted octanol–water partition coefficient (Wildman–Crippen LogP) is 3.53. The molecule has 1 amide bonds. The highest BCUT2D eigenvalue weighted by Crippen LogP contribution is 2.47. The van der Waals surface area contributed by atoms with E-state index in [1.54, 1.807) is 11.0 Å². The molecule has 0 saturated carbocycles. The number of phenolic OH excluding ortho intramolecular Hbond substituents is 1. The van der Waals surface area contributed by atoms with Crippen LogP contribution in [0.5, 0.6) is 11.5 Å². The van der Waals surface area contributed by atoms with Crippen LogP contribution in [-0.2, 0) is 9.84 Å². The summed E-state index contributed by atoms with van der Waals surface area (Å²) in [5, 5.41) is 18.0. The monoisotopic (exact) mass is 481 g/mol. The van der Waals surface area contributed by atoms with Crippen molar-refractivity contribution in [2.75, 3.05) is 18.1 Å². The van der Waals surface area contributed by atoms with Crippen LogP contribution in [0.2, 0.25) is 0 Å². The molecule has 8 nitrogen and oxygen atoms in total. The summed E-state index contributed by atoms with van der Waals surface area (Å²) in [6.45, 7) is 6.32. The van der Waals surface area contributed by atoms with E-state index >= 15 is 0 Å². The van der Waals surface area contributed by atoms with Crippen molar-refractivity contribution < 1.29 is 23.1 Å². The second-order valence-corrected chi connectivity index (χ2v) is 11.2. The molecule has 2 aromatic carbocycles. The van der Waals surface area contributed by atoms with Crippen LogP contribution < -0.4 is 4.74 Å². The smallest absolute Gasteiger partial charge is 0.273 e. The van der Waals surface area contributed by atoms with E-state index in [9.17, 15) is 18.3 Å². The first-order chi connectivity index (χ1) is 16.2. The second kappa shape index (κ2) is 8.16. The van der Waals surface area contributed by atoms with Crippen molar-refractivity contribution in [1.29, 1.82) is 0 Å². The highest BCUT2D eigenvalue weighted by atomic mass is 32.2. The molecule has 178 valence electrons. The highest BCUT2D eigenvalue weighted by molar-refractivity contribution is 7.91. The first-order valence-electron chi connectivity index (χ1n) is 11.3. The maximum atomic E-state index is 13.6. The van der Waals surface area contributed by atoms with E-state index in [4.69, 9.17) is 4.74 Å². The van der Waals surface area contributed by atoms with Gasteiger partial charge in [-0.3, -0.25) is 9.89 Å². The summed E-state index contributed by atoms with van der Waals surface area (Å²) < 4.78 is 30.1. The third kappa shape index (κ3) is 3.64. The molecule has 5 rings (SSSR count). The molecule has 2 atom stereocenters. The van der Waals surface area contributed by atoms with Crippen LogP contribution in [0.3, 0.4) is 0 Å². The van der Waals surface area contributed by atoms with E-state index in [1.807, 2.05) is 51.1 Å². The summed E-state index contributed by atoms with van der Waals surface area (Å²) in [6.07, 6.45) is 0.392.